The Bertz CT molecular complexity index is 611. The van der Waals surface area contributed by atoms with Crippen LogP contribution in [0.3, 0.4) is 0 Å². The molecule has 0 unspecified atom stereocenters. The van der Waals surface area contributed by atoms with Gasteiger partial charge < -0.3 is 5.32 Å². The van der Waals surface area contributed by atoms with Gasteiger partial charge in [0.25, 0.3) is 0 Å². The zero-order valence-electron chi connectivity index (χ0n) is 11.2. The van der Waals surface area contributed by atoms with Gasteiger partial charge in [0, 0.05) is 16.8 Å². The lowest BCUT2D eigenvalue weighted by Crippen LogP contribution is -2.40. The largest absolute Gasteiger partial charge is 0.350 e. The normalized spacial score (nSPS) is 11.4. The van der Waals surface area contributed by atoms with E-state index in [0.29, 0.717) is 17.1 Å². The molecule has 106 valence electrons. The number of aromatic nitrogens is 2. The smallest absolute Gasteiger partial charge is 0.230 e. The molecular formula is C14H15ClFN3O. The number of rotatable bonds is 4. The van der Waals surface area contributed by atoms with Gasteiger partial charge in [0.2, 0.25) is 5.91 Å². The van der Waals surface area contributed by atoms with Gasteiger partial charge in [-0.15, -0.1) is 0 Å². The van der Waals surface area contributed by atoms with Gasteiger partial charge in [0.1, 0.15) is 5.82 Å². The summed E-state index contributed by atoms with van der Waals surface area (Å²) in [6, 6.07) is 6.08. The lowest BCUT2D eigenvalue weighted by molar-refractivity contribution is -0.125. The van der Waals surface area contributed by atoms with Crippen molar-refractivity contribution in [3.05, 3.63) is 52.6 Å². The zero-order valence-corrected chi connectivity index (χ0v) is 12.0. The molecule has 2 aromatic rings. The third-order valence-corrected chi connectivity index (χ3v) is 3.41. The number of nitrogens with zero attached hydrogens (tertiary/aromatic N) is 1. The first-order valence-corrected chi connectivity index (χ1v) is 6.51. The molecule has 6 heteroatoms. The van der Waals surface area contributed by atoms with Crippen LogP contribution in [0.2, 0.25) is 5.02 Å². The Labute approximate surface area is 121 Å². The topological polar surface area (TPSA) is 57.8 Å². The number of halogens is 2. The third-order valence-electron chi connectivity index (χ3n) is 3.17. The summed E-state index contributed by atoms with van der Waals surface area (Å²) in [5, 5.41) is 9.60. The monoisotopic (exact) mass is 295 g/mol. The van der Waals surface area contributed by atoms with Gasteiger partial charge in [-0.05, 0) is 32.0 Å². The Kier molecular flexibility index (Phi) is 4.09. The molecule has 1 amide bonds. The summed E-state index contributed by atoms with van der Waals surface area (Å²) in [5.41, 5.74) is 0.101. The van der Waals surface area contributed by atoms with Crippen LogP contribution in [0.25, 0.3) is 0 Å². The van der Waals surface area contributed by atoms with Crippen molar-refractivity contribution in [3.8, 4) is 0 Å². The van der Waals surface area contributed by atoms with E-state index >= 15 is 0 Å². The average molecular weight is 296 g/mol. The van der Waals surface area contributed by atoms with E-state index in [9.17, 15) is 9.18 Å². The molecule has 1 heterocycles. The molecule has 4 nitrogen and oxygen atoms in total. The molecule has 2 rings (SSSR count). The highest BCUT2D eigenvalue weighted by Crippen LogP contribution is 2.28. The number of benzene rings is 1. The maximum atomic E-state index is 13.9. The number of amides is 1. The summed E-state index contributed by atoms with van der Waals surface area (Å²) >= 11 is 5.72. The molecule has 0 aliphatic carbocycles. The maximum absolute atomic E-state index is 13.9. The summed E-state index contributed by atoms with van der Waals surface area (Å²) in [6.45, 7) is 3.65. The number of carbonyl (C=O) groups is 1. The summed E-state index contributed by atoms with van der Waals surface area (Å²) in [4.78, 5) is 12.3. The van der Waals surface area contributed by atoms with Crippen molar-refractivity contribution < 1.29 is 9.18 Å². The van der Waals surface area contributed by atoms with E-state index in [4.69, 9.17) is 11.6 Å². The summed E-state index contributed by atoms with van der Waals surface area (Å²) < 4.78 is 13.9. The van der Waals surface area contributed by atoms with Gasteiger partial charge in [-0.25, -0.2) is 4.39 Å². The highest BCUT2D eigenvalue weighted by Gasteiger charge is 2.32. The molecular weight excluding hydrogens is 281 g/mol. The number of H-pyrrole nitrogens is 1. The molecule has 2 N–H and O–H groups in total. The van der Waals surface area contributed by atoms with E-state index < -0.39 is 11.2 Å². The Morgan fingerprint density at radius 1 is 1.45 bits per heavy atom. The van der Waals surface area contributed by atoms with Crippen LogP contribution in [0.5, 0.6) is 0 Å². The van der Waals surface area contributed by atoms with Gasteiger partial charge in [0.15, 0.2) is 0 Å². The van der Waals surface area contributed by atoms with Crippen LogP contribution in [0.15, 0.2) is 30.5 Å². The number of carbonyl (C=O) groups excluding carboxylic acids is 1. The Hall–Kier alpha value is -1.88. The standard InChI is InChI=1S/C14H15ClFN3O/c1-14(2,11-4-3-9(15)7-12(11)16)13(20)17-8-10-5-6-18-19-10/h3-7H,8H2,1-2H3,(H,17,20)(H,18,19). The Balaban J connectivity index is 2.14. The van der Waals surface area contributed by atoms with E-state index in [0.717, 1.165) is 5.69 Å². The van der Waals surface area contributed by atoms with E-state index in [1.54, 1.807) is 32.2 Å². The van der Waals surface area contributed by atoms with Crippen molar-refractivity contribution >= 4 is 17.5 Å². The van der Waals surface area contributed by atoms with E-state index in [-0.39, 0.29) is 5.91 Å². The predicted octanol–water partition coefficient (Wildman–Crippen LogP) is 2.80. The zero-order chi connectivity index (χ0) is 14.8. The molecule has 0 spiro atoms. The summed E-state index contributed by atoms with van der Waals surface area (Å²) in [5.74, 6) is -0.757. The Morgan fingerprint density at radius 2 is 2.20 bits per heavy atom. The SMILES string of the molecule is CC(C)(C(=O)NCc1ccn[nH]1)c1ccc(Cl)cc1F. The van der Waals surface area contributed by atoms with Crippen molar-refractivity contribution in [2.75, 3.05) is 0 Å². The first-order chi connectivity index (χ1) is 9.41. The fourth-order valence-corrected chi connectivity index (χ4v) is 2.06. The second kappa shape index (κ2) is 5.63. The molecule has 0 aliphatic rings. The fourth-order valence-electron chi connectivity index (χ4n) is 1.90. The number of nitrogens with one attached hydrogen (secondary N) is 2. The molecule has 0 fully saturated rings. The molecule has 1 aromatic heterocycles. The molecule has 0 saturated heterocycles. The highest BCUT2D eigenvalue weighted by molar-refractivity contribution is 6.30. The first-order valence-electron chi connectivity index (χ1n) is 6.13. The quantitative estimate of drug-likeness (QED) is 0.911. The van der Waals surface area contributed by atoms with Gasteiger partial charge in [0.05, 0.1) is 17.7 Å². The average Bonchev–Trinajstić information content (AvgIpc) is 2.88. The molecule has 0 atom stereocenters. The van der Waals surface area contributed by atoms with Crippen molar-refractivity contribution in [1.29, 1.82) is 0 Å². The van der Waals surface area contributed by atoms with E-state index in [1.807, 2.05) is 0 Å². The van der Waals surface area contributed by atoms with Crippen LogP contribution in [0.1, 0.15) is 25.1 Å². The van der Waals surface area contributed by atoms with Crippen LogP contribution in [0.4, 0.5) is 4.39 Å². The van der Waals surface area contributed by atoms with Crippen LogP contribution >= 0.6 is 11.6 Å². The molecule has 0 radical (unpaired) electrons. The third kappa shape index (κ3) is 2.99. The number of hydrogen-bond donors (Lipinski definition) is 2. The Morgan fingerprint density at radius 3 is 2.80 bits per heavy atom. The van der Waals surface area contributed by atoms with Crippen LogP contribution in [0, 0.1) is 5.82 Å². The van der Waals surface area contributed by atoms with E-state index in [2.05, 4.69) is 15.5 Å². The lowest BCUT2D eigenvalue weighted by atomic mass is 9.83. The second-order valence-corrected chi connectivity index (χ2v) is 5.45. The lowest BCUT2D eigenvalue weighted by Gasteiger charge is -2.24. The van der Waals surface area contributed by atoms with Crippen LogP contribution in [-0.4, -0.2) is 16.1 Å². The van der Waals surface area contributed by atoms with Crippen molar-refractivity contribution in [3.63, 3.8) is 0 Å². The fraction of sp³-hybridized carbons (Fsp3) is 0.286. The van der Waals surface area contributed by atoms with Crippen molar-refractivity contribution in [2.45, 2.75) is 25.8 Å². The molecule has 20 heavy (non-hydrogen) atoms. The summed E-state index contributed by atoms with van der Waals surface area (Å²) in [7, 11) is 0. The maximum Gasteiger partial charge on any atom is 0.230 e. The minimum Gasteiger partial charge on any atom is -0.350 e. The van der Waals surface area contributed by atoms with Gasteiger partial charge in [-0.1, -0.05) is 17.7 Å². The molecule has 0 bridgehead atoms. The van der Waals surface area contributed by atoms with Crippen molar-refractivity contribution in [1.82, 2.24) is 15.5 Å². The second-order valence-electron chi connectivity index (χ2n) is 5.01. The van der Waals surface area contributed by atoms with Crippen LogP contribution < -0.4 is 5.32 Å². The van der Waals surface area contributed by atoms with Crippen LogP contribution in [-0.2, 0) is 16.8 Å². The van der Waals surface area contributed by atoms with Gasteiger partial charge in [-0.3, -0.25) is 9.89 Å². The van der Waals surface area contributed by atoms with Gasteiger partial charge in [-0.2, -0.15) is 5.10 Å². The number of aromatic amines is 1. The highest BCUT2D eigenvalue weighted by atomic mass is 35.5. The predicted molar refractivity (Wildman–Crippen MR) is 74.9 cm³/mol. The minimum absolute atomic E-state index is 0.270. The van der Waals surface area contributed by atoms with Crippen molar-refractivity contribution in [2.24, 2.45) is 0 Å². The molecule has 0 saturated carbocycles. The molecule has 1 aromatic carbocycles. The van der Waals surface area contributed by atoms with Gasteiger partial charge >= 0.3 is 0 Å². The summed E-state index contributed by atoms with van der Waals surface area (Å²) in [6.07, 6.45) is 1.60. The number of hydrogen-bond acceptors (Lipinski definition) is 2. The minimum atomic E-state index is -0.991. The first kappa shape index (κ1) is 14.5. The van der Waals surface area contributed by atoms with E-state index in [1.165, 1.54) is 12.1 Å². The molecule has 0 aliphatic heterocycles.